The number of benzene rings is 1. The number of hydrogen-bond donors (Lipinski definition) is 2. The molecule has 1 rings (SSSR count). The van der Waals surface area contributed by atoms with E-state index in [4.69, 9.17) is 5.11 Å². The van der Waals surface area contributed by atoms with Crippen LogP contribution in [-0.2, 0) is 4.79 Å². The number of hydrogen-bond acceptors (Lipinski definition) is 2. The Balaban J connectivity index is 3.06. The Labute approximate surface area is 115 Å². The van der Waals surface area contributed by atoms with Crippen LogP contribution in [0.3, 0.4) is 0 Å². The molecule has 1 aromatic carbocycles. The van der Waals surface area contributed by atoms with Gasteiger partial charge in [0.25, 0.3) is 0 Å². The zero-order valence-corrected chi connectivity index (χ0v) is 10.7. The third-order valence-electron chi connectivity index (χ3n) is 2.79. The van der Waals surface area contributed by atoms with Crippen LogP contribution in [0.15, 0.2) is 12.1 Å². The van der Waals surface area contributed by atoms with Crippen molar-refractivity contribution in [3.8, 4) is 0 Å². The van der Waals surface area contributed by atoms with Gasteiger partial charge in [-0.2, -0.15) is 13.2 Å². The van der Waals surface area contributed by atoms with Crippen molar-refractivity contribution in [2.45, 2.75) is 31.5 Å². The molecule has 0 unspecified atom stereocenters. The molecular formula is C12H11F6NO2. The minimum atomic E-state index is -4.63. The van der Waals surface area contributed by atoms with Crippen LogP contribution in [0.1, 0.15) is 19.8 Å². The molecular weight excluding hydrogens is 304 g/mol. The van der Waals surface area contributed by atoms with Gasteiger partial charge in [0.2, 0.25) is 0 Å². The summed E-state index contributed by atoms with van der Waals surface area (Å²) >= 11 is 0. The van der Waals surface area contributed by atoms with E-state index in [2.05, 4.69) is 0 Å². The van der Waals surface area contributed by atoms with Crippen LogP contribution < -0.4 is 5.32 Å². The quantitative estimate of drug-likeness (QED) is 0.815. The summed E-state index contributed by atoms with van der Waals surface area (Å²) in [6.07, 6.45) is -7.05. The Morgan fingerprint density at radius 2 is 1.62 bits per heavy atom. The Morgan fingerprint density at radius 1 is 1.14 bits per heavy atom. The molecule has 0 saturated carbocycles. The second-order valence-corrected chi connectivity index (χ2v) is 4.62. The Hall–Kier alpha value is -1.93. The first-order valence-electron chi connectivity index (χ1n) is 5.67. The summed E-state index contributed by atoms with van der Waals surface area (Å²) in [6, 6.07) is 0.578. The van der Waals surface area contributed by atoms with Crippen molar-refractivity contribution in [3.63, 3.8) is 0 Å². The molecule has 2 N–H and O–H groups in total. The van der Waals surface area contributed by atoms with E-state index in [-0.39, 0.29) is 12.1 Å². The van der Waals surface area contributed by atoms with Gasteiger partial charge in [-0.15, -0.1) is 0 Å². The molecule has 3 nitrogen and oxygen atoms in total. The number of carboxylic acid groups (broad SMARTS) is 1. The summed E-state index contributed by atoms with van der Waals surface area (Å²) < 4.78 is 76.1. The van der Waals surface area contributed by atoms with E-state index in [1.807, 2.05) is 5.32 Å². The number of halogens is 6. The summed E-state index contributed by atoms with van der Waals surface area (Å²) in [4.78, 5) is 11.1. The highest BCUT2D eigenvalue weighted by atomic mass is 19.4. The van der Waals surface area contributed by atoms with Crippen molar-refractivity contribution in [2.24, 2.45) is 0 Å². The van der Waals surface area contributed by atoms with Gasteiger partial charge in [-0.1, -0.05) is 0 Å². The van der Waals surface area contributed by atoms with Gasteiger partial charge in [0, 0.05) is 18.6 Å². The first kappa shape index (κ1) is 17.1. The van der Waals surface area contributed by atoms with Crippen LogP contribution in [0.5, 0.6) is 0 Å². The molecule has 21 heavy (non-hydrogen) atoms. The topological polar surface area (TPSA) is 49.3 Å². The summed E-state index contributed by atoms with van der Waals surface area (Å²) in [5.74, 6) is -5.84. The highest BCUT2D eigenvalue weighted by Crippen LogP contribution is 2.30. The zero-order valence-electron chi connectivity index (χ0n) is 10.7. The van der Waals surface area contributed by atoms with Gasteiger partial charge in [-0.25, -0.2) is 18.0 Å². The van der Waals surface area contributed by atoms with Gasteiger partial charge in [0.1, 0.15) is 17.0 Å². The minimum Gasteiger partial charge on any atom is -0.480 e. The van der Waals surface area contributed by atoms with E-state index in [0.717, 1.165) is 6.92 Å². The first-order valence-corrected chi connectivity index (χ1v) is 5.67. The van der Waals surface area contributed by atoms with Crippen LogP contribution in [0.2, 0.25) is 0 Å². The van der Waals surface area contributed by atoms with Crippen molar-refractivity contribution in [1.29, 1.82) is 0 Å². The lowest BCUT2D eigenvalue weighted by Gasteiger charge is -2.28. The predicted molar refractivity (Wildman–Crippen MR) is 61.3 cm³/mol. The van der Waals surface area contributed by atoms with Crippen molar-refractivity contribution < 1.29 is 36.2 Å². The highest BCUT2D eigenvalue weighted by Gasteiger charge is 2.39. The number of alkyl halides is 3. The maximum absolute atomic E-state index is 13.4. The Bertz CT molecular complexity index is 522. The fourth-order valence-corrected chi connectivity index (χ4v) is 1.55. The average molecular weight is 315 g/mol. The Kier molecular flexibility index (Phi) is 4.75. The highest BCUT2D eigenvalue weighted by molar-refractivity contribution is 5.82. The lowest BCUT2D eigenvalue weighted by molar-refractivity contribution is -0.148. The standard InChI is InChI=1S/C12H11F6NO2/c1-11(10(20)21,2-3-12(16,17)18)19-9-7(14)4-6(13)5-8(9)15/h4-5,19H,2-3H2,1H3,(H,20,21)/t11-/m0/s1. The second kappa shape index (κ2) is 5.82. The molecule has 0 aliphatic heterocycles. The SMILES string of the molecule is C[C@@](CCC(F)(F)F)(Nc1c(F)cc(F)cc1F)C(=O)O. The average Bonchev–Trinajstić information content (AvgIpc) is 2.30. The maximum atomic E-state index is 13.4. The minimum absolute atomic E-state index is 0.289. The number of anilines is 1. The fraction of sp³-hybridized carbons (Fsp3) is 0.417. The monoisotopic (exact) mass is 315 g/mol. The van der Waals surface area contributed by atoms with Crippen LogP contribution >= 0.6 is 0 Å². The molecule has 0 heterocycles. The zero-order chi connectivity index (χ0) is 16.4. The molecule has 118 valence electrons. The van der Waals surface area contributed by atoms with Crippen LogP contribution in [-0.4, -0.2) is 22.8 Å². The fourth-order valence-electron chi connectivity index (χ4n) is 1.55. The number of carboxylic acids is 1. The summed E-state index contributed by atoms with van der Waals surface area (Å²) in [7, 11) is 0. The molecule has 0 bridgehead atoms. The van der Waals surface area contributed by atoms with Crippen LogP contribution in [0, 0.1) is 17.5 Å². The summed E-state index contributed by atoms with van der Waals surface area (Å²) in [6.45, 7) is 0.851. The van der Waals surface area contributed by atoms with Crippen molar-refractivity contribution in [3.05, 3.63) is 29.6 Å². The van der Waals surface area contributed by atoms with Gasteiger partial charge in [0.05, 0.1) is 0 Å². The number of carbonyl (C=O) groups is 1. The van der Waals surface area contributed by atoms with E-state index >= 15 is 0 Å². The van der Waals surface area contributed by atoms with Gasteiger partial charge in [-0.3, -0.25) is 0 Å². The van der Waals surface area contributed by atoms with Crippen LogP contribution in [0.4, 0.5) is 32.0 Å². The van der Waals surface area contributed by atoms with Crippen molar-refractivity contribution in [2.75, 3.05) is 5.32 Å². The van der Waals surface area contributed by atoms with Crippen molar-refractivity contribution in [1.82, 2.24) is 0 Å². The van der Waals surface area contributed by atoms with Gasteiger partial charge in [0.15, 0.2) is 11.6 Å². The lowest BCUT2D eigenvalue weighted by atomic mass is 9.95. The third-order valence-corrected chi connectivity index (χ3v) is 2.79. The molecule has 0 fully saturated rings. The predicted octanol–water partition coefficient (Wildman–Crippen LogP) is 3.70. The van der Waals surface area contributed by atoms with E-state index in [1.165, 1.54) is 0 Å². The summed E-state index contributed by atoms with van der Waals surface area (Å²) in [5.41, 5.74) is -3.27. The molecule has 1 aromatic rings. The van der Waals surface area contributed by atoms with Crippen LogP contribution in [0.25, 0.3) is 0 Å². The lowest BCUT2D eigenvalue weighted by Crippen LogP contribution is -2.44. The molecule has 0 radical (unpaired) electrons. The molecule has 0 spiro atoms. The maximum Gasteiger partial charge on any atom is 0.389 e. The molecule has 0 aromatic heterocycles. The normalized spacial score (nSPS) is 14.6. The smallest absolute Gasteiger partial charge is 0.389 e. The third kappa shape index (κ3) is 4.54. The summed E-state index contributed by atoms with van der Waals surface area (Å²) in [5, 5.41) is 10.9. The molecule has 9 heteroatoms. The molecule has 0 saturated heterocycles. The first-order chi connectivity index (χ1) is 9.44. The molecule has 0 amide bonds. The van der Waals surface area contributed by atoms with E-state index < -0.39 is 53.7 Å². The molecule has 0 aliphatic rings. The Morgan fingerprint density at radius 3 is 2.00 bits per heavy atom. The van der Waals surface area contributed by atoms with Gasteiger partial charge >= 0.3 is 12.1 Å². The van der Waals surface area contributed by atoms with Gasteiger partial charge in [-0.05, 0) is 13.3 Å². The van der Waals surface area contributed by atoms with E-state index in [9.17, 15) is 31.1 Å². The largest absolute Gasteiger partial charge is 0.480 e. The van der Waals surface area contributed by atoms with Gasteiger partial charge < -0.3 is 10.4 Å². The van der Waals surface area contributed by atoms with E-state index in [0.29, 0.717) is 0 Å². The number of rotatable bonds is 5. The van der Waals surface area contributed by atoms with Crippen molar-refractivity contribution >= 4 is 11.7 Å². The number of nitrogens with one attached hydrogen (secondary N) is 1. The van der Waals surface area contributed by atoms with E-state index in [1.54, 1.807) is 0 Å². The molecule has 1 atom stereocenters. The second-order valence-electron chi connectivity index (χ2n) is 4.62. The number of aliphatic carboxylic acids is 1. The molecule has 0 aliphatic carbocycles.